The second kappa shape index (κ2) is 7.84. The summed E-state index contributed by atoms with van der Waals surface area (Å²) in [5.74, 6) is 1.29. The van der Waals surface area contributed by atoms with Gasteiger partial charge in [-0.05, 0) is 54.3 Å². The molecule has 2 aliphatic rings. The van der Waals surface area contributed by atoms with E-state index >= 15 is 0 Å². The second-order valence-corrected chi connectivity index (χ2v) is 7.78. The molecule has 0 spiro atoms. The van der Waals surface area contributed by atoms with E-state index < -0.39 is 0 Å². The minimum absolute atomic E-state index is 0.000199. The highest BCUT2D eigenvalue weighted by Crippen LogP contribution is 2.48. The van der Waals surface area contributed by atoms with Gasteiger partial charge in [0.05, 0.1) is 7.11 Å². The van der Waals surface area contributed by atoms with Gasteiger partial charge in [-0.15, -0.1) is 0 Å². The van der Waals surface area contributed by atoms with E-state index in [0.717, 1.165) is 12.2 Å². The third kappa shape index (κ3) is 3.85. The lowest BCUT2D eigenvalue weighted by Crippen LogP contribution is -2.51. The van der Waals surface area contributed by atoms with Crippen LogP contribution >= 0.6 is 11.6 Å². The van der Waals surface area contributed by atoms with E-state index in [1.54, 1.807) is 31.4 Å². The maximum atomic E-state index is 12.8. The van der Waals surface area contributed by atoms with Crippen molar-refractivity contribution in [1.29, 1.82) is 0 Å². The van der Waals surface area contributed by atoms with E-state index in [4.69, 9.17) is 16.3 Å². The Hall–Kier alpha value is -2.53. The van der Waals surface area contributed by atoms with Gasteiger partial charge in [0.1, 0.15) is 5.75 Å². The lowest BCUT2D eigenvalue weighted by Gasteiger charge is -2.35. The van der Waals surface area contributed by atoms with Gasteiger partial charge in [0.2, 0.25) is 5.91 Å². The fraction of sp³-hybridized carbons (Fsp3) is 0.364. The van der Waals surface area contributed by atoms with Crippen molar-refractivity contribution in [2.24, 2.45) is 5.92 Å². The number of rotatable bonds is 4. The maximum absolute atomic E-state index is 12.8. The quantitative estimate of drug-likeness (QED) is 0.792. The van der Waals surface area contributed by atoms with Crippen molar-refractivity contribution in [3.8, 4) is 5.75 Å². The molecule has 1 heterocycles. The summed E-state index contributed by atoms with van der Waals surface area (Å²) < 4.78 is 5.13. The van der Waals surface area contributed by atoms with Gasteiger partial charge in [0, 0.05) is 42.7 Å². The molecule has 28 heavy (non-hydrogen) atoms. The SMILES string of the molecule is COc1ccc(C(=O)N2CCN(C(=O)C3C[C@H]3c3ccc(Cl)cc3)CC2)cc1. The molecule has 0 N–H and O–H groups in total. The zero-order valence-corrected chi connectivity index (χ0v) is 16.6. The lowest BCUT2D eigenvalue weighted by atomic mass is 10.1. The average molecular weight is 399 g/mol. The van der Waals surface area contributed by atoms with Crippen molar-refractivity contribution in [1.82, 2.24) is 9.80 Å². The number of hydrogen-bond acceptors (Lipinski definition) is 3. The molecule has 2 atom stereocenters. The molecule has 0 radical (unpaired) electrons. The van der Waals surface area contributed by atoms with Crippen LogP contribution in [0.15, 0.2) is 48.5 Å². The van der Waals surface area contributed by atoms with Crippen molar-refractivity contribution in [2.45, 2.75) is 12.3 Å². The van der Waals surface area contributed by atoms with Crippen LogP contribution < -0.4 is 4.74 Å². The Kier molecular flexibility index (Phi) is 5.27. The predicted molar refractivity (Wildman–Crippen MR) is 108 cm³/mol. The van der Waals surface area contributed by atoms with Crippen molar-refractivity contribution < 1.29 is 14.3 Å². The summed E-state index contributed by atoms with van der Waals surface area (Å²) >= 11 is 5.94. The third-order valence-corrected chi connectivity index (χ3v) is 5.87. The molecule has 6 heteroatoms. The average Bonchev–Trinajstić information content (AvgIpc) is 3.54. The van der Waals surface area contributed by atoms with Gasteiger partial charge >= 0.3 is 0 Å². The van der Waals surface area contributed by atoms with Gasteiger partial charge < -0.3 is 14.5 Å². The number of ether oxygens (including phenoxy) is 1. The molecule has 2 amide bonds. The van der Waals surface area contributed by atoms with Gasteiger partial charge in [0.15, 0.2) is 0 Å². The number of hydrogen-bond donors (Lipinski definition) is 0. The Morgan fingerprint density at radius 1 is 0.929 bits per heavy atom. The van der Waals surface area contributed by atoms with Crippen LogP contribution in [-0.2, 0) is 4.79 Å². The topological polar surface area (TPSA) is 49.9 Å². The van der Waals surface area contributed by atoms with Crippen molar-refractivity contribution in [3.63, 3.8) is 0 Å². The predicted octanol–water partition coefficient (Wildman–Crippen LogP) is 3.44. The summed E-state index contributed by atoms with van der Waals surface area (Å²) in [6.45, 7) is 2.30. The summed E-state index contributed by atoms with van der Waals surface area (Å²) in [5, 5.41) is 0.713. The van der Waals surface area contributed by atoms with Crippen LogP contribution in [0.4, 0.5) is 0 Å². The molecule has 1 aliphatic heterocycles. The first-order valence-electron chi connectivity index (χ1n) is 9.54. The first kappa shape index (κ1) is 18.8. The van der Waals surface area contributed by atoms with Gasteiger partial charge in [-0.3, -0.25) is 9.59 Å². The Labute approximate surface area is 169 Å². The smallest absolute Gasteiger partial charge is 0.253 e. The number of halogens is 1. The molecular weight excluding hydrogens is 376 g/mol. The minimum atomic E-state index is 0.000199. The van der Waals surface area contributed by atoms with E-state index in [-0.39, 0.29) is 17.7 Å². The molecule has 2 fully saturated rings. The number of methoxy groups -OCH3 is 1. The van der Waals surface area contributed by atoms with Crippen molar-refractivity contribution in [2.75, 3.05) is 33.3 Å². The fourth-order valence-corrected chi connectivity index (χ4v) is 3.95. The van der Waals surface area contributed by atoms with Gasteiger partial charge in [-0.25, -0.2) is 0 Å². The van der Waals surface area contributed by atoms with Crippen LogP contribution in [0.25, 0.3) is 0 Å². The number of carbonyl (C=O) groups is 2. The van der Waals surface area contributed by atoms with Gasteiger partial charge in [-0.1, -0.05) is 23.7 Å². The van der Waals surface area contributed by atoms with Crippen molar-refractivity contribution >= 4 is 23.4 Å². The number of benzene rings is 2. The first-order chi connectivity index (χ1) is 13.6. The number of carbonyl (C=O) groups excluding carboxylic acids is 2. The van der Waals surface area contributed by atoms with E-state index in [9.17, 15) is 9.59 Å². The van der Waals surface area contributed by atoms with Crippen molar-refractivity contribution in [3.05, 3.63) is 64.7 Å². The van der Waals surface area contributed by atoms with Crippen LogP contribution in [-0.4, -0.2) is 54.9 Å². The second-order valence-electron chi connectivity index (χ2n) is 7.35. The Morgan fingerprint density at radius 3 is 2.14 bits per heavy atom. The van der Waals surface area contributed by atoms with Crippen LogP contribution in [0.1, 0.15) is 28.3 Å². The molecule has 4 rings (SSSR count). The standard InChI is InChI=1S/C22H23ClN2O3/c1-28-18-8-4-16(5-9-18)21(26)24-10-12-25(13-11-24)22(27)20-14-19(20)15-2-6-17(23)7-3-15/h2-9,19-20H,10-14H2,1H3/t19-,20?/m0/s1. The third-order valence-electron chi connectivity index (χ3n) is 5.62. The Morgan fingerprint density at radius 2 is 1.54 bits per heavy atom. The molecule has 2 aromatic carbocycles. The van der Waals surface area contributed by atoms with E-state index in [1.807, 2.05) is 34.1 Å². The molecule has 5 nitrogen and oxygen atoms in total. The molecule has 1 unspecified atom stereocenters. The molecule has 0 bridgehead atoms. The van der Waals surface area contributed by atoms with Crippen LogP contribution in [0.3, 0.4) is 0 Å². The number of nitrogens with zero attached hydrogens (tertiary/aromatic N) is 2. The van der Waals surface area contributed by atoms with Gasteiger partial charge in [-0.2, -0.15) is 0 Å². The molecule has 146 valence electrons. The maximum Gasteiger partial charge on any atom is 0.253 e. The zero-order valence-electron chi connectivity index (χ0n) is 15.8. The Bertz CT molecular complexity index is 858. The highest BCUT2D eigenvalue weighted by molar-refractivity contribution is 6.30. The summed E-state index contributed by atoms with van der Waals surface area (Å²) in [6.07, 6.45) is 0.894. The summed E-state index contributed by atoms with van der Waals surface area (Å²) in [7, 11) is 1.60. The monoisotopic (exact) mass is 398 g/mol. The lowest BCUT2D eigenvalue weighted by molar-refractivity contribution is -0.134. The number of piperazine rings is 1. The molecule has 1 aliphatic carbocycles. The van der Waals surface area contributed by atoms with E-state index in [0.29, 0.717) is 42.7 Å². The molecule has 1 saturated carbocycles. The summed E-state index contributed by atoms with van der Waals surface area (Å²) in [6, 6.07) is 14.9. The zero-order chi connectivity index (χ0) is 19.7. The number of amides is 2. The molecule has 2 aromatic rings. The largest absolute Gasteiger partial charge is 0.497 e. The van der Waals surface area contributed by atoms with Crippen LogP contribution in [0, 0.1) is 5.92 Å². The van der Waals surface area contributed by atoms with E-state index in [1.165, 1.54) is 5.56 Å². The normalized spacial score (nSPS) is 21.4. The first-order valence-corrected chi connectivity index (χ1v) is 9.92. The Balaban J connectivity index is 1.31. The minimum Gasteiger partial charge on any atom is -0.497 e. The highest BCUT2D eigenvalue weighted by atomic mass is 35.5. The van der Waals surface area contributed by atoms with Crippen LogP contribution in [0.5, 0.6) is 5.75 Å². The highest BCUT2D eigenvalue weighted by Gasteiger charge is 2.46. The molecule has 1 saturated heterocycles. The fourth-order valence-electron chi connectivity index (χ4n) is 3.83. The van der Waals surface area contributed by atoms with Gasteiger partial charge in [0.25, 0.3) is 5.91 Å². The van der Waals surface area contributed by atoms with E-state index in [2.05, 4.69) is 0 Å². The molecule has 0 aromatic heterocycles. The summed E-state index contributed by atoms with van der Waals surface area (Å²) in [4.78, 5) is 29.2. The van der Waals surface area contributed by atoms with Crippen LogP contribution in [0.2, 0.25) is 5.02 Å². The summed E-state index contributed by atoms with van der Waals surface area (Å²) in [5.41, 5.74) is 1.82. The molecular formula is C22H23ClN2O3.